The van der Waals surface area contributed by atoms with E-state index in [9.17, 15) is 4.39 Å². The van der Waals surface area contributed by atoms with Crippen LogP contribution in [-0.2, 0) is 11.8 Å². The zero-order valence-electron chi connectivity index (χ0n) is 32.4. The highest BCUT2D eigenvalue weighted by molar-refractivity contribution is 5.39. The SMILES string of the molecule is C=C(C)C[C@](Cc1ccccc1)(c1cc(C)cc(C)c1)C(C)/C=C(C)\C=C/C.CC.CC.CC(C)C(C)(C)F.CC1CCCC1. The zero-order valence-corrected chi connectivity index (χ0v) is 32.4. The first-order chi connectivity index (χ1) is 21.1. The van der Waals surface area contributed by atoms with Crippen LogP contribution in [0.3, 0.4) is 0 Å². The van der Waals surface area contributed by atoms with E-state index in [0.29, 0.717) is 5.92 Å². The van der Waals surface area contributed by atoms with Gasteiger partial charge in [0.15, 0.2) is 0 Å². The van der Waals surface area contributed by atoms with E-state index in [1.165, 1.54) is 59.1 Å². The van der Waals surface area contributed by atoms with E-state index in [1.807, 2.05) is 41.5 Å². The van der Waals surface area contributed by atoms with Crippen molar-refractivity contribution in [1.29, 1.82) is 0 Å². The Kier molecular flexibility index (Phi) is 23.7. The van der Waals surface area contributed by atoms with Crippen molar-refractivity contribution in [2.24, 2.45) is 17.8 Å². The van der Waals surface area contributed by atoms with Gasteiger partial charge in [0.2, 0.25) is 0 Å². The molecule has 1 fully saturated rings. The predicted molar refractivity (Wildman–Crippen MR) is 205 cm³/mol. The number of benzene rings is 2. The smallest absolute Gasteiger partial charge is 0.107 e. The number of halogens is 1. The minimum atomic E-state index is -1.00. The first kappa shape index (κ1) is 44.7. The van der Waals surface area contributed by atoms with E-state index >= 15 is 0 Å². The van der Waals surface area contributed by atoms with Gasteiger partial charge in [-0.1, -0.05) is 170 Å². The molecule has 0 heterocycles. The average Bonchev–Trinajstić information content (AvgIpc) is 3.45. The Labute approximate surface area is 281 Å². The average molecular weight is 621 g/mol. The van der Waals surface area contributed by atoms with Crippen LogP contribution in [0.5, 0.6) is 0 Å². The van der Waals surface area contributed by atoms with E-state index in [-0.39, 0.29) is 11.3 Å². The summed E-state index contributed by atoms with van der Waals surface area (Å²) in [7, 11) is 0. The Morgan fingerprint density at radius 3 is 1.73 bits per heavy atom. The lowest BCUT2D eigenvalue weighted by Crippen LogP contribution is -2.36. The fourth-order valence-electron chi connectivity index (χ4n) is 5.61. The normalized spacial score (nSPS) is 15.3. The third-order valence-corrected chi connectivity index (χ3v) is 8.61. The lowest BCUT2D eigenvalue weighted by atomic mass is 9.63. The highest BCUT2D eigenvalue weighted by atomic mass is 19.1. The Balaban J connectivity index is 0. The van der Waals surface area contributed by atoms with E-state index in [0.717, 1.165) is 18.8 Å². The topological polar surface area (TPSA) is 0 Å². The van der Waals surface area contributed by atoms with Crippen molar-refractivity contribution in [3.05, 3.63) is 107 Å². The van der Waals surface area contributed by atoms with E-state index in [4.69, 9.17) is 0 Å². The molecule has 0 nitrogen and oxygen atoms in total. The van der Waals surface area contributed by atoms with Crippen LogP contribution < -0.4 is 0 Å². The highest BCUT2D eigenvalue weighted by Crippen LogP contribution is 2.43. The van der Waals surface area contributed by atoms with E-state index < -0.39 is 5.67 Å². The van der Waals surface area contributed by atoms with Crippen LogP contribution >= 0.6 is 0 Å². The van der Waals surface area contributed by atoms with Gasteiger partial charge in [-0.25, -0.2) is 4.39 Å². The molecule has 2 atom stereocenters. The summed E-state index contributed by atoms with van der Waals surface area (Å²) >= 11 is 0. The maximum absolute atomic E-state index is 12.5. The number of alkyl halides is 1. The van der Waals surface area contributed by atoms with Gasteiger partial charge in [-0.3, -0.25) is 0 Å². The van der Waals surface area contributed by atoms with Crippen molar-refractivity contribution < 1.29 is 4.39 Å². The summed E-state index contributed by atoms with van der Waals surface area (Å²) in [5.41, 5.74) is 7.00. The van der Waals surface area contributed by atoms with Gasteiger partial charge in [0.25, 0.3) is 0 Å². The largest absolute Gasteiger partial charge is 0.244 e. The molecular weight excluding hydrogens is 547 g/mol. The molecule has 45 heavy (non-hydrogen) atoms. The second-order valence-corrected chi connectivity index (χ2v) is 13.6. The molecule has 0 aromatic heterocycles. The van der Waals surface area contributed by atoms with Gasteiger partial charge >= 0.3 is 0 Å². The van der Waals surface area contributed by atoms with Crippen LogP contribution in [0, 0.1) is 31.6 Å². The predicted octanol–water partition coefficient (Wildman–Crippen LogP) is 14.5. The Hall–Kier alpha value is -2.41. The van der Waals surface area contributed by atoms with Crippen molar-refractivity contribution >= 4 is 0 Å². The van der Waals surface area contributed by atoms with Crippen molar-refractivity contribution in [2.45, 2.75) is 153 Å². The van der Waals surface area contributed by atoms with Crippen molar-refractivity contribution in [2.75, 3.05) is 0 Å². The molecule has 0 spiro atoms. The third-order valence-electron chi connectivity index (χ3n) is 8.61. The second-order valence-electron chi connectivity index (χ2n) is 13.6. The summed E-state index contributed by atoms with van der Waals surface area (Å²) in [5, 5.41) is 0. The fraction of sp³-hybridized carbons (Fsp3) is 0.591. The molecule has 256 valence electrons. The lowest BCUT2D eigenvalue weighted by molar-refractivity contribution is 0.148. The first-order valence-corrected chi connectivity index (χ1v) is 17.9. The van der Waals surface area contributed by atoms with Gasteiger partial charge in [-0.15, -0.1) is 6.58 Å². The fourth-order valence-corrected chi connectivity index (χ4v) is 5.61. The van der Waals surface area contributed by atoms with Crippen LogP contribution in [0.15, 0.2) is 84.5 Å². The van der Waals surface area contributed by atoms with Crippen LogP contribution in [0.25, 0.3) is 0 Å². The molecule has 0 amide bonds. The standard InChI is InChI=1S/C28H36.C6H13F.C6H12.2C2H6/c1-8-12-22(4)16-25(7)28(19-21(2)3,20-26-13-10-9-11-14-26)27-17-23(5)15-24(6)18-27;1-5(2)6(3,4)7;1-6-4-2-3-5-6;2*1-2/h8-18,25H,2,19-20H2,1,3-7H3;5H,1-4H3;6H,2-5H2,1H3;2*1-2H3/b12-8-,22-16-;;;;/t25?,28-;;;;/m1..../s1. The Morgan fingerprint density at radius 2 is 1.38 bits per heavy atom. The summed E-state index contributed by atoms with van der Waals surface area (Å²) in [6.45, 7) is 34.8. The number of aryl methyl sites for hydroxylation is 2. The summed E-state index contributed by atoms with van der Waals surface area (Å²) in [4.78, 5) is 0. The summed E-state index contributed by atoms with van der Waals surface area (Å²) in [6, 6.07) is 17.9. The molecule has 1 aliphatic carbocycles. The Morgan fingerprint density at radius 1 is 0.911 bits per heavy atom. The molecular formula is C44H73F. The molecule has 0 N–H and O–H groups in total. The first-order valence-electron chi connectivity index (χ1n) is 17.9. The van der Waals surface area contributed by atoms with Gasteiger partial charge in [0.05, 0.1) is 0 Å². The van der Waals surface area contributed by atoms with Crippen LogP contribution in [0.4, 0.5) is 4.39 Å². The minimum absolute atomic E-state index is 0.0210. The van der Waals surface area contributed by atoms with Gasteiger partial charge in [0.1, 0.15) is 5.67 Å². The highest BCUT2D eigenvalue weighted by Gasteiger charge is 2.37. The molecule has 0 saturated heterocycles. The summed E-state index contributed by atoms with van der Waals surface area (Å²) in [5.74, 6) is 1.55. The minimum Gasteiger partial charge on any atom is -0.244 e. The van der Waals surface area contributed by atoms with E-state index in [2.05, 4.69) is 122 Å². The quantitative estimate of drug-likeness (QED) is 0.193. The molecule has 1 heteroatoms. The monoisotopic (exact) mass is 621 g/mol. The van der Waals surface area contributed by atoms with Gasteiger partial charge in [-0.05, 0) is 90.2 Å². The maximum Gasteiger partial charge on any atom is 0.107 e. The summed E-state index contributed by atoms with van der Waals surface area (Å²) < 4.78 is 12.5. The van der Waals surface area contributed by atoms with Crippen molar-refractivity contribution in [3.8, 4) is 0 Å². The summed E-state index contributed by atoms with van der Waals surface area (Å²) in [6.07, 6.45) is 14.7. The molecule has 1 unspecified atom stereocenters. The molecule has 1 saturated carbocycles. The Bertz CT molecular complexity index is 1070. The van der Waals surface area contributed by atoms with Crippen molar-refractivity contribution in [3.63, 3.8) is 0 Å². The number of allylic oxidation sites excluding steroid dienone is 5. The van der Waals surface area contributed by atoms with Gasteiger partial charge in [0, 0.05) is 5.41 Å². The number of hydrogen-bond donors (Lipinski definition) is 0. The number of hydrogen-bond acceptors (Lipinski definition) is 0. The van der Waals surface area contributed by atoms with E-state index in [1.54, 1.807) is 13.8 Å². The molecule has 0 aliphatic heterocycles. The maximum atomic E-state index is 12.5. The molecule has 1 aliphatic rings. The molecule has 2 aromatic carbocycles. The number of rotatable bonds is 9. The molecule has 2 aromatic rings. The van der Waals surface area contributed by atoms with Gasteiger partial charge < -0.3 is 0 Å². The lowest BCUT2D eigenvalue weighted by Gasteiger charge is -2.40. The van der Waals surface area contributed by atoms with Crippen LogP contribution in [0.1, 0.15) is 144 Å². The molecule has 0 radical (unpaired) electrons. The van der Waals surface area contributed by atoms with Gasteiger partial charge in [-0.2, -0.15) is 0 Å². The van der Waals surface area contributed by atoms with Crippen LogP contribution in [-0.4, -0.2) is 5.67 Å². The molecule has 0 bridgehead atoms. The second kappa shape index (κ2) is 23.9. The molecule has 3 rings (SSSR count). The third kappa shape index (κ3) is 18.4. The van der Waals surface area contributed by atoms with Crippen LogP contribution in [0.2, 0.25) is 0 Å². The zero-order chi connectivity index (χ0) is 35.2. The van der Waals surface area contributed by atoms with Crippen molar-refractivity contribution in [1.82, 2.24) is 0 Å².